The number of carbonyl (C=O) groups is 1. The minimum absolute atomic E-state index is 0.141. The summed E-state index contributed by atoms with van der Waals surface area (Å²) in [6.45, 7) is 4.76. The van der Waals surface area contributed by atoms with Crippen LogP contribution in [0.3, 0.4) is 0 Å². The molecule has 0 fully saturated rings. The van der Waals surface area contributed by atoms with Gasteiger partial charge in [-0.15, -0.1) is 22.5 Å². The first-order chi connectivity index (χ1) is 17.2. The molecule has 0 spiro atoms. The number of aliphatic carboxylic acids is 1. The third-order valence-electron chi connectivity index (χ3n) is 6.24. The molecule has 0 radical (unpaired) electrons. The summed E-state index contributed by atoms with van der Waals surface area (Å²) in [5.74, 6) is -3.05. The van der Waals surface area contributed by atoms with Crippen LogP contribution in [0.25, 0.3) is 0 Å². The molecule has 1 aliphatic heterocycles. The molecule has 2 aromatic carbocycles. The Balaban J connectivity index is 2.22. The topological polar surface area (TPSA) is 102 Å². The Hall–Kier alpha value is -2.24. The highest BCUT2D eigenvalue weighted by Gasteiger charge is 2.42. The number of thioether (sulfide) groups is 1. The van der Waals surface area contributed by atoms with Crippen molar-refractivity contribution in [3.63, 3.8) is 0 Å². The summed E-state index contributed by atoms with van der Waals surface area (Å²) in [6, 6.07) is 13.1. The minimum atomic E-state index is -3.50. The second-order valence-electron chi connectivity index (χ2n) is 8.92. The van der Waals surface area contributed by atoms with Gasteiger partial charge in [-0.3, -0.25) is 9.11 Å². The summed E-state index contributed by atoms with van der Waals surface area (Å²) in [5.41, 5.74) is 0.964. The van der Waals surface area contributed by atoms with Crippen LogP contribution >= 0.6 is 22.5 Å². The number of halogens is 1. The zero-order valence-corrected chi connectivity index (χ0v) is 22.5. The summed E-state index contributed by atoms with van der Waals surface area (Å²) in [4.78, 5) is 13.8. The van der Waals surface area contributed by atoms with Gasteiger partial charge in [-0.05, 0) is 37.3 Å². The number of ether oxygens (including phenoxy) is 1. The predicted octanol–water partition coefficient (Wildman–Crippen LogP) is 7.57. The number of nitrogens with one attached hydrogen (secondary N) is 1. The van der Waals surface area contributed by atoms with Crippen LogP contribution in [0.4, 0.5) is 15.8 Å². The number of nitrogens with zero attached hydrogens (tertiary/aromatic N) is 1. The number of anilines is 2. The first kappa shape index (κ1) is 28.3. The van der Waals surface area contributed by atoms with Crippen molar-refractivity contribution in [2.24, 2.45) is 0 Å². The lowest BCUT2D eigenvalue weighted by atomic mass is 9.87. The van der Waals surface area contributed by atoms with Crippen molar-refractivity contribution in [2.75, 3.05) is 17.7 Å². The molecule has 0 amide bonds. The van der Waals surface area contributed by atoms with Crippen LogP contribution in [-0.4, -0.2) is 38.5 Å². The molecule has 0 saturated heterocycles. The van der Waals surface area contributed by atoms with Crippen molar-refractivity contribution < 1.29 is 28.1 Å². The molecule has 1 heterocycles. The van der Waals surface area contributed by atoms with E-state index in [0.717, 1.165) is 44.2 Å². The number of para-hydroxylation sites is 1. The summed E-state index contributed by atoms with van der Waals surface area (Å²) < 4.78 is 45.3. The quantitative estimate of drug-likeness (QED) is 0.132. The van der Waals surface area contributed by atoms with E-state index in [2.05, 4.69) is 23.5 Å². The van der Waals surface area contributed by atoms with Crippen LogP contribution in [0, 0.1) is 0 Å². The van der Waals surface area contributed by atoms with Crippen LogP contribution in [0.1, 0.15) is 52.4 Å². The number of benzene rings is 2. The van der Waals surface area contributed by atoms with E-state index in [4.69, 9.17) is 9.84 Å². The van der Waals surface area contributed by atoms with Crippen LogP contribution < -0.4 is 14.4 Å². The number of rotatable bonds is 11. The highest BCUT2D eigenvalue weighted by atomic mass is 32.3. The largest absolute Gasteiger partial charge is 0.476 e. The van der Waals surface area contributed by atoms with E-state index >= 15 is 0 Å². The van der Waals surface area contributed by atoms with Gasteiger partial charge in [-0.1, -0.05) is 57.7 Å². The maximum absolute atomic E-state index is 13.6. The van der Waals surface area contributed by atoms with Gasteiger partial charge in [0.15, 0.2) is 0 Å². The van der Waals surface area contributed by atoms with Crippen LogP contribution in [0.2, 0.25) is 0 Å². The summed E-state index contributed by atoms with van der Waals surface area (Å²) in [7, 11) is -3.50. The fourth-order valence-corrected chi connectivity index (χ4v) is 6.67. The molecule has 198 valence electrons. The van der Waals surface area contributed by atoms with E-state index < -0.39 is 28.1 Å². The van der Waals surface area contributed by atoms with Gasteiger partial charge in [0.1, 0.15) is 16.9 Å². The summed E-state index contributed by atoms with van der Waals surface area (Å²) in [5, 5.41) is 8.84. The Labute approximate surface area is 218 Å². The number of hydrogen-bond donors (Lipinski definition) is 4. The number of carboxylic acid groups (broad SMARTS) is 1. The molecule has 36 heavy (non-hydrogen) atoms. The minimum Gasteiger partial charge on any atom is -0.476 e. The van der Waals surface area contributed by atoms with Crippen LogP contribution in [-0.2, 0) is 4.79 Å². The smallest absolute Gasteiger partial charge is 0.368 e. The maximum atomic E-state index is 13.6. The number of carboxylic acids is 1. The molecule has 0 aliphatic carbocycles. The molecule has 7 nitrogen and oxygen atoms in total. The lowest BCUT2D eigenvalue weighted by Crippen LogP contribution is -2.51. The molecule has 0 saturated carbocycles. The molecular weight excluding hydrogens is 503 g/mol. The maximum Gasteiger partial charge on any atom is 0.368 e. The van der Waals surface area contributed by atoms with Crippen molar-refractivity contribution in [3.8, 4) is 5.75 Å². The summed E-state index contributed by atoms with van der Waals surface area (Å²) in [6.07, 6.45) is 7.67. The zero-order valence-electron chi connectivity index (χ0n) is 20.9. The van der Waals surface area contributed by atoms with Gasteiger partial charge in [0.2, 0.25) is 5.83 Å². The summed E-state index contributed by atoms with van der Waals surface area (Å²) >= 11 is 1.33. The number of unbranched alkanes of at least 4 members (excludes halogenated alkanes) is 2. The first-order valence-corrected chi connectivity index (χ1v) is 14.8. The predicted molar refractivity (Wildman–Crippen MR) is 145 cm³/mol. The monoisotopic (exact) mass is 538 g/mol. The average molecular weight is 539 g/mol. The molecule has 3 rings (SSSR count). The van der Waals surface area contributed by atoms with Gasteiger partial charge < -0.3 is 14.7 Å². The molecule has 0 bridgehead atoms. The highest BCUT2D eigenvalue weighted by molar-refractivity contribution is 8.22. The fourth-order valence-electron chi connectivity index (χ4n) is 4.42. The van der Waals surface area contributed by atoms with Crippen molar-refractivity contribution in [2.45, 2.75) is 67.7 Å². The van der Waals surface area contributed by atoms with E-state index in [0.29, 0.717) is 23.4 Å². The lowest BCUT2D eigenvalue weighted by Gasteiger charge is -2.43. The highest BCUT2D eigenvalue weighted by Crippen LogP contribution is 2.57. The lowest BCUT2D eigenvalue weighted by molar-refractivity contribution is -0.134. The van der Waals surface area contributed by atoms with Gasteiger partial charge in [0.05, 0.1) is 16.1 Å². The van der Waals surface area contributed by atoms with Gasteiger partial charge in [0.25, 0.3) is 0 Å². The van der Waals surface area contributed by atoms with E-state index in [9.17, 15) is 18.3 Å². The standard InChI is InChI=1S/C26H35FN2O5S2/c1-4-6-13-26(14-7-5-2)18-29(19-11-9-8-10-12-19)21-15-23(35-3)22(34-17-20(27)25(30)31)16-24(21)36(32,33)28-26/h8-12,15-17,28,32-33H,4-7,13-14,18H2,1-3H3,(H,30,31)/b20-17-. The molecule has 0 aromatic heterocycles. The first-order valence-electron chi connectivity index (χ1n) is 12.0. The van der Waals surface area contributed by atoms with E-state index in [-0.39, 0.29) is 10.6 Å². The van der Waals surface area contributed by atoms with E-state index in [1.54, 1.807) is 6.07 Å². The normalized spacial score (nSPS) is 17.7. The van der Waals surface area contributed by atoms with Crippen LogP contribution in [0.5, 0.6) is 5.75 Å². The molecule has 10 heteroatoms. The second-order valence-corrected chi connectivity index (χ2v) is 11.5. The molecule has 2 aromatic rings. The van der Waals surface area contributed by atoms with Crippen molar-refractivity contribution in [3.05, 3.63) is 54.6 Å². The molecule has 0 unspecified atom stereocenters. The van der Waals surface area contributed by atoms with Crippen molar-refractivity contribution in [1.29, 1.82) is 0 Å². The zero-order chi connectivity index (χ0) is 26.3. The Bertz CT molecular complexity index is 1070. The van der Waals surface area contributed by atoms with Gasteiger partial charge in [-0.2, -0.15) is 4.39 Å². The number of fused-ring (bicyclic) bond motifs is 1. The second kappa shape index (κ2) is 12.3. The molecule has 0 atom stereocenters. The Morgan fingerprint density at radius 1 is 1.19 bits per heavy atom. The van der Waals surface area contributed by atoms with E-state index in [1.807, 2.05) is 36.6 Å². The van der Waals surface area contributed by atoms with Crippen molar-refractivity contribution >= 4 is 39.9 Å². The van der Waals surface area contributed by atoms with Gasteiger partial charge in [-0.25, -0.2) is 9.52 Å². The fraction of sp³-hybridized carbons (Fsp3) is 0.423. The molecule has 4 N–H and O–H groups in total. The van der Waals surface area contributed by atoms with Gasteiger partial charge >= 0.3 is 5.97 Å². The molecule has 1 aliphatic rings. The SMILES string of the molecule is CCCCC1(CCCC)CN(c2ccccc2)c2cc(SC)c(O/C=C(\F)C(=O)O)cc2S(O)(O)N1. The Morgan fingerprint density at radius 2 is 1.83 bits per heavy atom. The third kappa shape index (κ3) is 6.54. The van der Waals surface area contributed by atoms with Crippen LogP contribution in [0.15, 0.2) is 64.3 Å². The molecular formula is C26H35FN2O5S2. The Morgan fingerprint density at radius 3 is 2.39 bits per heavy atom. The van der Waals surface area contributed by atoms with E-state index in [1.165, 1.54) is 17.8 Å². The third-order valence-corrected chi connectivity index (χ3v) is 8.66. The van der Waals surface area contributed by atoms with Crippen molar-refractivity contribution in [1.82, 2.24) is 4.72 Å². The van der Waals surface area contributed by atoms with Gasteiger partial charge in [0, 0.05) is 18.3 Å². The number of hydrogen-bond acceptors (Lipinski definition) is 7. The average Bonchev–Trinajstić information content (AvgIpc) is 2.96. The Kier molecular flexibility index (Phi) is 9.71.